The molecule has 1 unspecified atom stereocenters. The van der Waals surface area contributed by atoms with Crippen molar-refractivity contribution in [3.8, 4) is 0 Å². The molecule has 2 N–H and O–H groups in total. The molecule has 0 spiro atoms. The van der Waals surface area contributed by atoms with Crippen molar-refractivity contribution in [2.75, 3.05) is 13.1 Å². The smallest absolute Gasteiger partial charge is 0.260 e. The summed E-state index contributed by atoms with van der Waals surface area (Å²) in [5.41, 5.74) is 5.55. The molecule has 0 bridgehead atoms. The average Bonchev–Trinajstić information content (AvgIpc) is 2.10. The first-order chi connectivity index (χ1) is 5.51. The lowest BCUT2D eigenvalue weighted by atomic mass is 10.2. The first-order valence-corrected chi connectivity index (χ1v) is 4.39. The summed E-state index contributed by atoms with van der Waals surface area (Å²) < 4.78 is 26.0. The topological polar surface area (TPSA) is 29.3 Å². The fourth-order valence-electron chi connectivity index (χ4n) is 1.50. The second-order valence-electron chi connectivity index (χ2n) is 3.52. The third-order valence-corrected chi connectivity index (χ3v) is 2.25. The van der Waals surface area contributed by atoms with Crippen molar-refractivity contribution in [2.24, 2.45) is 5.73 Å². The Morgan fingerprint density at radius 2 is 2.08 bits per heavy atom. The zero-order chi connectivity index (χ0) is 9.19. The molecular formula is C8H16F2N2. The van der Waals surface area contributed by atoms with Gasteiger partial charge in [-0.25, -0.2) is 8.78 Å². The van der Waals surface area contributed by atoms with Crippen LogP contribution in [0.3, 0.4) is 0 Å². The summed E-state index contributed by atoms with van der Waals surface area (Å²) in [6.45, 7) is 2.28. The Bertz CT molecular complexity index is 148. The lowest BCUT2D eigenvalue weighted by molar-refractivity contribution is -0.0364. The summed E-state index contributed by atoms with van der Waals surface area (Å²) >= 11 is 0. The molecule has 1 rings (SSSR count). The van der Waals surface area contributed by atoms with Crippen LogP contribution in [0, 0.1) is 0 Å². The minimum atomic E-state index is -2.54. The number of hydrogen-bond acceptors (Lipinski definition) is 2. The Hall–Kier alpha value is -0.220. The molecule has 1 aliphatic rings. The molecule has 0 radical (unpaired) electrons. The Morgan fingerprint density at radius 3 is 2.67 bits per heavy atom. The molecule has 0 aliphatic carbocycles. The van der Waals surface area contributed by atoms with Crippen LogP contribution in [0.15, 0.2) is 0 Å². The zero-order valence-electron chi connectivity index (χ0n) is 7.39. The number of alkyl halides is 2. The van der Waals surface area contributed by atoms with Crippen molar-refractivity contribution >= 4 is 0 Å². The van der Waals surface area contributed by atoms with Gasteiger partial charge in [0.1, 0.15) is 0 Å². The van der Waals surface area contributed by atoms with Crippen molar-refractivity contribution in [1.29, 1.82) is 0 Å². The summed E-state index contributed by atoms with van der Waals surface area (Å²) in [4.78, 5) is 1.65. The Morgan fingerprint density at radius 1 is 1.42 bits per heavy atom. The average molecular weight is 178 g/mol. The van der Waals surface area contributed by atoms with E-state index in [9.17, 15) is 8.78 Å². The molecule has 72 valence electrons. The van der Waals surface area contributed by atoms with E-state index < -0.39 is 5.92 Å². The Labute approximate surface area is 71.7 Å². The van der Waals surface area contributed by atoms with E-state index in [1.54, 1.807) is 11.8 Å². The van der Waals surface area contributed by atoms with Gasteiger partial charge in [0.25, 0.3) is 5.92 Å². The molecule has 12 heavy (non-hydrogen) atoms. The molecule has 4 heteroatoms. The minimum Gasteiger partial charge on any atom is -0.316 e. The van der Waals surface area contributed by atoms with Crippen molar-refractivity contribution in [1.82, 2.24) is 4.90 Å². The van der Waals surface area contributed by atoms with Crippen LogP contribution in [0.4, 0.5) is 8.78 Å². The van der Waals surface area contributed by atoms with Gasteiger partial charge in [-0.2, -0.15) is 0 Å². The van der Waals surface area contributed by atoms with E-state index in [2.05, 4.69) is 0 Å². The molecule has 0 aromatic heterocycles. The number of likely N-dealkylation sites (tertiary alicyclic amines) is 1. The first-order valence-electron chi connectivity index (χ1n) is 4.39. The van der Waals surface area contributed by atoms with Gasteiger partial charge in [-0.1, -0.05) is 0 Å². The highest BCUT2D eigenvalue weighted by atomic mass is 19.3. The van der Waals surface area contributed by atoms with Gasteiger partial charge in [-0.05, 0) is 26.3 Å². The first kappa shape index (κ1) is 9.86. The van der Waals surface area contributed by atoms with Crippen molar-refractivity contribution < 1.29 is 8.78 Å². The van der Waals surface area contributed by atoms with Gasteiger partial charge in [-0.3, -0.25) is 4.90 Å². The van der Waals surface area contributed by atoms with Gasteiger partial charge in [0.2, 0.25) is 0 Å². The number of hydrogen-bond donors (Lipinski definition) is 1. The fourth-order valence-corrected chi connectivity index (χ4v) is 1.50. The van der Waals surface area contributed by atoms with Gasteiger partial charge in [0.15, 0.2) is 0 Å². The normalized spacial score (nSPS) is 28.0. The van der Waals surface area contributed by atoms with E-state index in [4.69, 9.17) is 5.73 Å². The molecule has 0 aromatic rings. The molecule has 2 nitrogen and oxygen atoms in total. The van der Waals surface area contributed by atoms with Gasteiger partial charge in [-0.15, -0.1) is 0 Å². The third kappa shape index (κ3) is 2.68. The Kier molecular flexibility index (Phi) is 3.01. The predicted octanol–water partition coefficient (Wildman–Crippen LogP) is 1.41. The highest BCUT2D eigenvalue weighted by molar-refractivity contribution is 4.77. The molecule has 0 aromatic carbocycles. The molecule has 1 fully saturated rings. The van der Waals surface area contributed by atoms with E-state index >= 15 is 0 Å². The fraction of sp³-hybridized carbons (Fsp3) is 1.00. The minimum absolute atomic E-state index is 0.0101. The molecule has 1 saturated heterocycles. The van der Waals surface area contributed by atoms with E-state index in [0.717, 1.165) is 6.42 Å². The van der Waals surface area contributed by atoms with Gasteiger partial charge >= 0.3 is 0 Å². The largest absolute Gasteiger partial charge is 0.316 e. The number of rotatable bonds is 1. The summed E-state index contributed by atoms with van der Waals surface area (Å²) in [5.74, 6) is -2.54. The number of halogens is 2. The van der Waals surface area contributed by atoms with Crippen LogP contribution in [0.25, 0.3) is 0 Å². The molecule has 1 aliphatic heterocycles. The monoisotopic (exact) mass is 178 g/mol. The lowest BCUT2D eigenvalue weighted by Crippen LogP contribution is -2.45. The van der Waals surface area contributed by atoms with Crippen LogP contribution in [0.5, 0.6) is 0 Å². The van der Waals surface area contributed by atoms with E-state index in [1.165, 1.54) is 0 Å². The maximum absolute atomic E-state index is 13.0. The molecule has 1 heterocycles. The molecule has 0 amide bonds. The summed E-state index contributed by atoms with van der Waals surface area (Å²) in [6, 6.07) is 0. The number of nitrogens with two attached hydrogens (primary N) is 1. The second-order valence-corrected chi connectivity index (χ2v) is 3.52. The van der Waals surface area contributed by atoms with Crippen LogP contribution in [-0.2, 0) is 0 Å². The van der Waals surface area contributed by atoms with Crippen molar-refractivity contribution in [3.63, 3.8) is 0 Å². The highest BCUT2D eigenvalue weighted by Crippen LogP contribution is 2.26. The third-order valence-electron chi connectivity index (χ3n) is 2.25. The van der Waals surface area contributed by atoms with Crippen LogP contribution in [0.2, 0.25) is 0 Å². The van der Waals surface area contributed by atoms with Gasteiger partial charge in [0, 0.05) is 6.42 Å². The van der Waals surface area contributed by atoms with Gasteiger partial charge in [0.05, 0.1) is 12.7 Å². The quantitative estimate of drug-likeness (QED) is 0.657. The summed E-state index contributed by atoms with van der Waals surface area (Å²) in [6.07, 6.45) is 1.19. The Balaban J connectivity index is 2.54. The highest BCUT2D eigenvalue weighted by Gasteiger charge is 2.34. The lowest BCUT2D eigenvalue weighted by Gasteiger charge is -2.27. The number of nitrogens with zero attached hydrogens (tertiary/aromatic N) is 1. The maximum Gasteiger partial charge on any atom is 0.260 e. The summed E-state index contributed by atoms with van der Waals surface area (Å²) in [5, 5.41) is 0. The molecule has 1 atom stereocenters. The molecule has 0 saturated carbocycles. The second kappa shape index (κ2) is 3.66. The standard InChI is InChI=1S/C8H16F2N2/c1-7(11)12-5-3-2-4-8(9,10)6-12/h7H,2-6,11H2,1H3. The van der Waals surface area contributed by atoms with E-state index in [0.29, 0.717) is 13.0 Å². The van der Waals surface area contributed by atoms with Crippen molar-refractivity contribution in [3.05, 3.63) is 0 Å². The maximum atomic E-state index is 13.0. The predicted molar refractivity (Wildman–Crippen MR) is 44.0 cm³/mol. The van der Waals surface area contributed by atoms with Gasteiger partial charge < -0.3 is 5.73 Å². The zero-order valence-corrected chi connectivity index (χ0v) is 7.39. The van der Waals surface area contributed by atoms with Crippen LogP contribution >= 0.6 is 0 Å². The summed E-state index contributed by atoms with van der Waals surface area (Å²) in [7, 11) is 0. The van der Waals surface area contributed by atoms with Crippen LogP contribution < -0.4 is 5.73 Å². The van der Waals surface area contributed by atoms with E-state index in [1.807, 2.05) is 0 Å². The van der Waals surface area contributed by atoms with Crippen molar-refractivity contribution in [2.45, 2.75) is 38.3 Å². The van der Waals surface area contributed by atoms with Crippen LogP contribution in [0.1, 0.15) is 26.2 Å². The van der Waals surface area contributed by atoms with Crippen LogP contribution in [-0.4, -0.2) is 30.1 Å². The SMILES string of the molecule is CC(N)N1CCCCC(F)(F)C1. The van der Waals surface area contributed by atoms with E-state index in [-0.39, 0.29) is 19.1 Å². The molecular weight excluding hydrogens is 162 g/mol.